The Morgan fingerprint density at radius 3 is 2.21 bits per heavy atom. The molecule has 1 aromatic heterocycles. The van der Waals surface area contributed by atoms with Crippen LogP contribution >= 0.6 is 12.2 Å². The van der Waals surface area contributed by atoms with E-state index >= 15 is 0 Å². The van der Waals surface area contributed by atoms with Crippen molar-refractivity contribution in [3.05, 3.63) is 64.9 Å². The van der Waals surface area contributed by atoms with Gasteiger partial charge in [0.2, 0.25) is 0 Å². The SMILES string of the molecule is S=c1ccn(Cc2ccccc2)cc1. The van der Waals surface area contributed by atoms with Crippen LogP contribution in [0, 0.1) is 4.51 Å². The molecule has 0 aliphatic heterocycles. The molecule has 0 bridgehead atoms. The summed E-state index contributed by atoms with van der Waals surface area (Å²) in [5, 5.41) is 0. The van der Waals surface area contributed by atoms with Gasteiger partial charge in [0.15, 0.2) is 0 Å². The van der Waals surface area contributed by atoms with Gasteiger partial charge in [0.05, 0.1) is 0 Å². The van der Waals surface area contributed by atoms with Crippen LogP contribution in [-0.2, 0) is 6.54 Å². The molecule has 70 valence electrons. The van der Waals surface area contributed by atoms with Gasteiger partial charge in [-0.15, -0.1) is 0 Å². The molecule has 0 saturated carbocycles. The molecule has 2 rings (SSSR count). The molecule has 0 N–H and O–H groups in total. The molecule has 0 aliphatic rings. The number of aromatic nitrogens is 1. The predicted molar refractivity (Wildman–Crippen MR) is 60.8 cm³/mol. The molecule has 0 saturated heterocycles. The van der Waals surface area contributed by atoms with Crippen LogP contribution < -0.4 is 0 Å². The number of benzene rings is 1. The van der Waals surface area contributed by atoms with E-state index in [4.69, 9.17) is 12.2 Å². The maximum absolute atomic E-state index is 5.02. The van der Waals surface area contributed by atoms with E-state index in [9.17, 15) is 0 Å². The second-order valence-electron chi connectivity index (χ2n) is 3.19. The number of pyridine rings is 1. The first-order valence-electron chi connectivity index (χ1n) is 4.55. The topological polar surface area (TPSA) is 4.93 Å². The van der Waals surface area contributed by atoms with Crippen molar-refractivity contribution in [3.63, 3.8) is 0 Å². The molecule has 2 aromatic rings. The fraction of sp³-hybridized carbons (Fsp3) is 0.0833. The fourth-order valence-corrected chi connectivity index (χ4v) is 1.47. The van der Waals surface area contributed by atoms with Crippen LogP contribution in [0.1, 0.15) is 5.56 Å². The average molecular weight is 201 g/mol. The second kappa shape index (κ2) is 4.20. The first-order chi connectivity index (χ1) is 6.84. The van der Waals surface area contributed by atoms with Crippen LogP contribution in [0.15, 0.2) is 54.9 Å². The third-order valence-electron chi connectivity index (χ3n) is 2.07. The molecule has 0 radical (unpaired) electrons. The normalized spacial score (nSPS) is 10.0. The van der Waals surface area contributed by atoms with Gasteiger partial charge in [-0.05, 0) is 17.7 Å². The van der Waals surface area contributed by atoms with E-state index in [1.807, 2.05) is 30.6 Å². The average Bonchev–Trinajstić information content (AvgIpc) is 2.23. The Kier molecular flexibility index (Phi) is 2.75. The van der Waals surface area contributed by atoms with Crippen molar-refractivity contribution in [2.45, 2.75) is 6.54 Å². The van der Waals surface area contributed by atoms with E-state index < -0.39 is 0 Å². The van der Waals surface area contributed by atoms with Gasteiger partial charge in [0.25, 0.3) is 0 Å². The van der Waals surface area contributed by atoms with E-state index in [1.165, 1.54) is 5.56 Å². The maximum atomic E-state index is 5.02. The molecule has 0 unspecified atom stereocenters. The lowest BCUT2D eigenvalue weighted by molar-refractivity contribution is 0.790. The van der Waals surface area contributed by atoms with Crippen molar-refractivity contribution in [1.82, 2.24) is 4.57 Å². The summed E-state index contributed by atoms with van der Waals surface area (Å²) in [6, 6.07) is 14.3. The third kappa shape index (κ3) is 2.30. The molecule has 1 aromatic carbocycles. The van der Waals surface area contributed by atoms with Crippen LogP contribution in [0.3, 0.4) is 0 Å². The molecule has 0 spiro atoms. The Labute approximate surface area is 88.6 Å². The molecule has 1 heterocycles. The Morgan fingerprint density at radius 2 is 1.57 bits per heavy atom. The summed E-state index contributed by atoms with van der Waals surface area (Å²) >= 11 is 5.02. The highest BCUT2D eigenvalue weighted by atomic mass is 32.1. The predicted octanol–water partition coefficient (Wildman–Crippen LogP) is 3.27. The summed E-state index contributed by atoms with van der Waals surface area (Å²) in [6.07, 6.45) is 4.02. The Bertz CT molecular complexity index is 439. The Hall–Kier alpha value is -1.41. The third-order valence-corrected chi connectivity index (χ3v) is 2.34. The molecule has 0 amide bonds. The van der Waals surface area contributed by atoms with Gasteiger partial charge in [0, 0.05) is 23.4 Å². The quantitative estimate of drug-likeness (QED) is 0.675. The zero-order valence-electron chi connectivity index (χ0n) is 7.76. The largest absolute Gasteiger partial charge is 0.350 e. The van der Waals surface area contributed by atoms with E-state index in [0.29, 0.717) is 0 Å². The molecular formula is C12H11NS. The summed E-state index contributed by atoms with van der Waals surface area (Å²) in [6.45, 7) is 0.899. The van der Waals surface area contributed by atoms with Crippen LogP contribution in [0.25, 0.3) is 0 Å². The monoisotopic (exact) mass is 201 g/mol. The zero-order chi connectivity index (χ0) is 9.80. The maximum Gasteiger partial charge on any atom is 0.0470 e. The highest BCUT2D eigenvalue weighted by molar-refractivity contribution is 7.71. The van der Waals surface area contributed by atoms with Crippen LogP contribution in [0.5, 0.6) is 0 Å². The summed E-state index contributed by atoms with van der Waals surface area (Å²) in [5.74, 6) is 0. The van der Waals surface area contributed by atoms with Crippen LogP contribution in [0.2, 0.25) is 0 Å². The number of rotatable bonds is 2. The Morgan fingerprint density at radius 1 is 0.929 bits per heavy atom. The van der Waals surface area contributed by atoms with Crippen LogP contribution in [0.4, 0.5) is 0 Å². The lowest BCUT2D eigenvalue weighted by atomic mass is 10.2. The van der Waals surface area contributed by atoms with Gasteiger partial charge >= 0.3 is 0 Å². The van der Waals surface area contributed by atoms with Crippen molar-refractivity contribution in [3.8, 4) is 0 Å². The molecule has 1 nitrogen and oxygen atoms in total. The lowest BCUT2D eigenvalue weighted by Crippen LogP contribution is -1.98. The zero-order valence-corrected chi connectivity index (χ0v) is 8.58. The van der Waals surface area contributed by atoms with E-state index in [0.717, 1.165) is 11.1 Å². The fourth-order valence-electron chi connectivity index (χ4n) is 1.34. The molecule has 14 heavy (non-hydrogen) atoms. The van der Waals surface area contributed by atoms with Crippen molar-refractivity contribution >= 4 is 12.2 Å². The van der Waals surface area contributed by atoms with Crippen molar-refractivity contribution in [2.24, 2.45) is 0 Å². The smallest absolute Gasteiger partial charge is 0.0470 e. The van der Waals surface area contributed by atoms with Gasteiger partial charge in [0.1, 0.15) is 0 Å². The van der Waals surface area contributed by atoms with Gasteiger partial charge in [-0.1, -0.05) is 42.5 Å². The lowest BCUT2D eigenvalue weighted by Gasteiger charge is -2.05. The minimum Gasteiger partial charge on any atom is -0.350 e. The number of nitrogens with zero attached hydrogens (tertiary/aromatic N) is 1. The molecular weight excluding hydrogens is 190 g/mol. The summed E-state index contributed by atoms with van der Waals surface area (Å²) in [4.78, 5) is 0. The van der Waals surface area contributed by atoms with E-state index in [-0.39, 0.29) is 0 Å². The van der Waals surface area contributed by atoms with Crippen molar-refractivity contribution < 1.29 is 0 Å². The van der Waals surface area contributed by atoms with E-state index in [1.54, 1.807) is 0 Å². The highest BCUT2D eigenvalue weighted by Crippen LogP contribution is 2.02. The van der Waals surface area contributed by atoms with Crippen molar-refractivity contribution in [1.29, 1.82) is 0 Å². The molecule has 0 atom stereocenters. The highest BCUT2D eigenvalue weighted by Gasteiger charge is 1.90. The van der Waals surface area contributed by atoms with Gasteiger partial charge in [-0.2, -0.15) is 0 Å². The van der Waals surface area contributed by atoms with E-state index in [2.05, 4.69) is 28.8 Å². The summed E-state index contributed by atoms with van der Waals surface area (Å²) in [5.41, 5.74) is 1.30. The van der Waals surface area contributed by atoms with Crippen LogP contribution in [-0.4, -0.2) is 4.57 Å². The van der Waals surface area contributed by atoms with Gasteiger partial charge in [-0.25, -0.2) is 0 Å². The standard InChI is InChI=1S/C12H11NS/c14-12-6-8-13(9-7-12)10-11-4-2-1-3-5-11/h1-9H,10H2. The minimum atomic E-state index is 0.884. The number of hydrogen-bond acceptors (Lipinski definition) is 1. The summed E-state index contributed by atoms with van der Waals surface area (Å²) < 4.78 is 3.00. The summed E-state index contributed by atoms with van der Waals surface area (Å²) in [7, 11) is 0. The second-order valence-corrected chi connectivity index (χ2v) is 3.66. The van der Waals surface area contributed by atoms with Gasteiger partial charge < -0.3 is 4.57 Å². The van der Waals surface area contributed by atoms with Gasteiger partial charge in [-0.3, -0.25) is 0 Å². The Balaban J connectivity index is 2.19. The first-order valence-corrected chi connectivity index (χ1v) is 4.95. The van der Waals surface area contributed by atoms with Crippen molar-refractivity contribution in [2.75, 3.05) is 0 Å². The molecule has 0 fully saturated rings. The first kappa shape index (κ1) is 9.16. The molecule has 0 aliphatic carbocycles. The minimum absolute atomic E-state index is 0.884. The molecule has 2 heteroatoms. The number of hydrogen-bond donors (Lipinski definition) is 0.